The molecule has 6 N–H and O–H groups in total. The van der Waals surface area contributed by atoms with E-state index in [9.17, 15) is 30.3 Å². The van der Waals surface area contributed by atoms with Crippen molar-refractivity contribution < 1.29 is 39.8 Å². The smallest absolute Gasteiger partial charge is 0.220 e. The Morgan fingerprint density at radius 3 is 1.22 bits per heavy atom. The van der Waals surface area contributed by atoms with Gasteiger partial charge < -0.3 is 40.3 Å². The second-order valence-corrected chi connectivity index (χ2v) is 21.1. The van der Waals surface area contributed by atoms with Crippen LogP contribution in [0.1, 0.15) is 232 Å². The lowest BCUT2D eigenvalue weighted by atomic mass is 9.99. The van der Waals surface area contributed by atoms with E-state index in [1.165, 1.54) is 96.3 Å². The minimum absolute atomic E-state index is 0.216. The van der Waals surface area contributed by atoms with Gasteiger partial charge in [0, 0.05) is 6.42 Å². The van der Waals surface area contributed by atoms with Crippen LogP contribution < -0.4 is 5.32 Å². The molecule has 1 amide bonds. The van der Waals surface area contributed by atoms with Gasteiger partial charge in [-0.3, -0.25) is 4.79 Å². The van der Waals surface area contributed by atoms with Crippen molar-refractivity contribution in [1.29, 1.82) is 0 Å². The standard InChI is InChI=1S/C70H115NO8/c1-3-5-7-9-11-13-15-17-19-21-23-25-26-27-28-29-30-31-32-33-34-35-36-37-38-40-42-44-46-48-50-52-54-56-58-60-66(74)71-63(62-78-70-69(77)68(76)67(75)65(61-72)79-70)64(73)59-57-55-53-51-49-47-45-43-41-39-24-22-20-18-16-14-12-10-8-6-4-2/h5,7,11,13,17,19,23,25,27-28,30-31,33-34,36-37,40,42,46,48-49,51,57,59,63-65,67-70,72-73,75-77H,3-4,6,8-10,12,14-16,18,20-22,24,26,29,32,35,38-39,41,43-45,47,50,52-56,58,60-62H2,1-2H3,(H,71,74)/b7-5-,13-11-,19-17-,25-23-,28-27-,31-30-,34-33-,37-36-,42-40-,48-46-,51-49+,59-57+. The van der Waals surface area contributed by atoms with Crippen LogP contribution in [0.25, 0.3) is 0 Å². The molecule has 0 saturated carbocycles. The number of carbonyl (C=O) groups excluding carboxylic acids is 1. The number of carbonyl (C=O) groups is 1. The molecule has 7 unspecified atom stereocenters. The van der Waals surface area contributed by atoms with Crippen LogP contribution in [0.2, 0.25) is 0 Å². The molecule has 1 rings (SSSR count). The van der Waals surface area contributed by atoms with Crippen molar-refractivity contribution >= 4 is 5.91 Å². The highest BCUT2D eigenvalue weighted by Crippen LogP contribution is 2.23. The number of aliphatic hydroxyl groups excluding tert-OH is 5. The molecule has 0 aromatic heterocycles. The van der Waals surface area contributed by atoms with Gasteiger partial charge in [0.15, 0.2) is 6.29 Å². The van der Waals surface area contributed by atoms with Gasteiger partial charge >= 0.3 is 0 Å². The molecule has 1 saturated heterocycles. The highest BCUT2D eigenvalue weighted by atomic mass is 16.7. The summed E-state index contributed by atoms with van der Waals surface area (Å²) in [7, 11) is 0. The molecule has 448 valence electrons. The molecule has 0 aromatic carbocycles. The van der Waals surface area contributed by atoms with Gasteiger partial charge in [-0.05, 0) is 109 Å². The van der Waals surface area contributed by atoms with Crippen molar-refractivity contribution in [3.8, 4) is 0 Å². The van der Waals surface area contributed by atoms with Crippen molar-refractivity contribution in [2.24, 2.45) is 0 Å². The number of ether oxygens (including phenoxy) is 2. The first kappa shape index (κ1) is 73.1. The molecule has 1 aliphatic rings. The van der Waals surface area contributed by atoms with Crippen LogP contribution >= 0.6 is 0 Å². The zero-order chi connectivity index (χ0) is 57.2. The van der Waals surface area contributed by atoms with E-state index < -0.39 is 49.5 Å². The highest BCUT2D eigenvalue weighted by Gasteiger charge is 2.44. The Bertz CT molecular complexity index is 1750. The third-order valence-electron chi connectivity index (χ3n) is 13.9. The van der Waals surface area contributed by atoms with E-state index in [1.54, 1.807) is 6.08 Å². The maximum Gasteiger partial charge on any atom is 0.220 e. The van der Waals surface area contributed by atoms with Gasteiger partial charge in [-0.2, -0.15) is 0 Å². The van der Waals surface area contributed by atoms with Gasteiger partial charge in [-0.25, -0.2) is 0 Å². The number of rotatable bonds is 52. The Hall–Kier alpha value is -3.93. The maximum atomic E-state index is 13.1. The number of amides is 1. The predicted molar refractivity (Wildman–Crippen MR) is 336 cm³/mol. The molecular formula is C70H115NO8. The third kappa shape index (κ3) is 46.4. The predicted octanol–water partition coefficient (Wildman–Crippen LogP) is 16.6. The lowest BCUT2D eigenvalue weighted by Gasteiger charge is -2.40. The quantitative estimate of drug-likeness (QED) is 0.0261. The Kier molecular flexibility index (Phi) is 53.0. The average molecular weight is 1100 g/mol. The monoisotopic (exact) mass is 1100 g/mol. The van der Waals surface area contributed by atoms with Crippen LogP contribution in [0.15, 0.2) is 146 Å². The van der Waals surface area contributed by atoms with Crippen LogP contribution in [0.5, 0.6) is 0 Å². The van der Waals surface area contributed by atoms with E-state index >= 15 is 0 Å². The summed E-state index contributed by atoms with van der Waals surface area (Å²) in [6.07, 6.45) is 82.0. The highest BCUT2D eigenvalue weighted by molar-refractivity contribution is 5.76. The minimum atomic E-state index is -1.59. The molecule has 0 aliphatic carbocycles. The van der Waals surface area contributed by atoms with Crippen molar-refractivity contribution in [3.05, 3.63) is 146 Å². The Balaban J connectivity index is 2.26. The van der Waals surface area contributed by atoms with Gasteiger partial charge in [0.05, 0.1) is 25.4 Å². The molecule has 79 heavy (non-hydrogen) atoms. The molecule has 0 radical (unpaired) electrons. The lowest BCUT2D eigenvalue weighted by molar-refractivity contribution is -0.302. The minimum Gasteiger partial charge on any atom is -0.394 e. The van der Waals surface area contributed by atoms with Crippen molar-refractivity contribution in [2.45, 2.75) is 275 Å². The Morgan fingerprint density at radius 2 is 0.797 bits per heavy atom. The summed E-state index contributed by atoms with van der Waals surface area (Å²) in [6, 6.07) is -0.848. The zero-order valence-electron chi connectivity index (χ0n) is 49.8. The van der Waals surface area contributed by atoms with E-state index in [4.69, 9.17) is 9.47 Å². The fraction of sp³-hybridized carbons (Fsp3) is 0.643. The second-order valence-electron chi connectivity index (χ2n) is 21.1. The Labute approximate surface area is 483 Å². The van der Waals surface area contributed by atoms with Crippen molar-refractivity contribution in [3.63, 3.8) is 0 Å². The lowest BCUT2D eigenvalue weighted by Crippen LogP contribution is -2.60. The number of unbranched alkanes of at least 4 members (excludes halogenated alkanes) is 20. The van der Waals surface area contributed by atoms with Gasteiger partial charge in [0.1, 0.15) is 24.4 Å². The van der Waals surface area contributed by atoms with E-state index in [1.807, 2.05) is 6.08 Å². The van der Waals surface area contributed by atoms with Gasteiger partial charge in [-0.1, -0.05) is 262 Å². The average Bonchev–Trinajstić information content (AvgIpc) is 3.47. The number of hydrogen-bond acceptors (Lipinski definition) is 8. The summed E-state index contributed by atoms with van der Waals surface area (Å²) in [6.45, 7) is 3.63. The van der Waals surface area contributed by atoms with Gasteiger partial charge in [0.25, 0.3) is 0 Å². The van der Waals surface area contributed by atoms with E-state index in [-0.39, 0.29) is 12.5 Å². The summed E-state index contributed by atoms with van der Waals surface area (Å²) >= 11 is 0. The molecule has 0 spiro atoms. The molecule has 1 fully saturated rings. The number of allylic oxidation sites excluding steroid dienone is 23. The normalized spacial score (nSPS) is 19.6. The van der Waals surface area contributed by atoms with Crippen LogP contribution in [-0.2, 0) is 14.3 Å². The fourth-order valence-electron chi connectivity index (χ4n) is 8.96. The van der Waals surface area contributed by atoms with Crippen molar-refractivity contribution in [2.75, 3.05) is 13.2 Å². The van der Waals surface area contributed by atoms with E-state index in [0.717, 1.165) is 109 Å². The third-order valence-corrected chi connectivity index (χ3v) is 13.9. The van der Waals surface area contributed by atoms with Crippen LogP contribution in [0.3, 0.4) is 0 Å². The van der Waals surface area contributed by atoms with Gasteiger partial charge in [0.2, 0.25) is 5.91 Å². The SMILES string of the molecule is CC/C=C\C/C=C\C/C=C\C/C=C\C/C=C\C/C=C\C/C=C\C/C=C\C/C=C\C/C=C\CCCCCCC(=O)NC(COC1OC(CO)C(O)C(O)C1O)C(O)/C=C/CC/C=C/CCCCCCCCCCCCCCCCC. The first-order valence-electron chi connectivity index (χ1n) is 31.6. The summed E-state index contributed by atoms with van der Waals surface area (Å²) in [5.74, 6) is -0.216. The van der Waals surface area contributed by atoms with Crippen LogP contribution in [-0.4, -0.2) is 87.5 Å². The summed E-state index contributed by atoms with van der Waals surface area (Å²) in [5.41, 5.74) is 0. The first-order chi connectivity index (χ1) is 38.8. The first-order valence-corrected chi connectivity index (χ1v) is 31.6. The van der Waals surface area contributed by atoms with E-state index in [2.05, 4.69) is 153 Å². The molecule has 9 heteroatoms. The fourth-order valence-corrected chi connectivity index (χ4v) is 8.96. The molecule has 0 aromatic rings. The second kappa shape index (κ2) is 57.3. The number of hydrogen-bond donors (Lipinski definition) is 6. The maximum absolute atomic E-state index is 13.1. The molecular weight excluding hydrogens is 983 g/mol. The van der Waals surface area contributed by atoms with Crippen molar-refractivity contribution in [1.82, 2.24) is 5.32 Å². The molecule has 9 nitrogen and oxygen atoms in total. The summed E-state index contributed by atoms with van der Waals surface area (Å²) < 4.78 is 11.3. The van der Waals surface area contributed by atoms with Crippen LogP contribution in [0, 0.1) is 0 Å². The zero-order valence-corrected chi connectivity index (χ0v) is 49.8. The topological polar surface area (TPSA) is 149 Å². The Morgan fingerprint density at radius 1 is 0.443 bits per heavy atom. The number of aliphatic hydroxyl groups is 5. The summed E-state index contributed by atoms with van der Waals surface area (Å²) in [4.78, 5) is 13.1. The molecule has 0 bridgehead atoms. The van der Waals surface area contributed by atoms with E-state index in [0.29, 0.717) is 12.8 Å². The van der Waals surface area contributed by atoms with Crippen LogP contribution in [0.4, 0.5) is 0 Å². The molecule has 1 aliphatic heterocycles. The number of nitrogens with one attached hydrogen (secondary N) is 1. The molecule has 1 heterocycles. The van der Waals surface area contributed by atoms with Gasteiger partial charge in [-0.15, -0.1) is 0 Å². The molecule has 7 atom stereocenters. The summed E-state index contributed by atoms with van der Waals surface area (Å²) in [5, 5.41) is 54.6. The largest absolute Gasteiger partial charge is 0.394 e.